The van der Waals surface area contributed by atoms with E-state index in [1.54, 1.807) is 0 Å². The number of nitrogens with one attached hydrogen (secondary N) is 1. The average molecular weight is 281 g/mol. The highest BCUT2D eigenvalue weighted by molar-refractivity contribution is 5.87. The van der Waals surface area contributed by atoms with Gasteiger partial charge in [0.1, 0.15) is 0 Å². The largest absolute Gasteiger partial charge is 0.391 e. The van der Waals surface area contributed by atoms with Gasteiger partial charge in [-0.2, -0.15) is 13.2 Å². The molecule has 0 radical (unpaired) electrons. The Hall–Kier alpha value is -1.31. The normalized spacial score (nSPS) is 25.7. The summed E-state index contributed by atoms with van der Waals surface area (Å²) in [4.78, 5) is 22.2. The lowest BCUT2D eigenvalue weighted by atomic mass is 9.85. The second-order valence-electron chi connectivity index (χ2n) is 4.88. The van der Waals surface area contributed by atoms with Crippen LogP contribution in [0.15, 0.2) is 0 Å². The van der Waals surface area contributed by atoms with Crippen LogP contribution in [-0.2, 0) is 9.59 Å². The van der Waals surface area contributed by atoms with Crippen molar-refractivity contribution in [3.05, 3.63) is 0 Å². The lowest BCUT2D eigenvalue weighted by Gasteiger charge is -2.30. The van der Waals surface area contributed by atoms with Crippen molar-refractivity contribution in [1.82, 2.24) is 5.32 Å². The highest BCUT2D eigenvalue weighted by atomic mass is 19.4. The van der Waals surface area contributed by atoms with Gasteiger partial charge in [0.15, 0.2) is 0 Å². The third kappa shape index (κ3) is 5.06. The van der Waals surface area contributed by atoms with Crippen molar-refractivity contribution >= 4 is 11.8 Å². The maximum Gasteiger partial charge on any atom is 0.391 e. The van der Waals surface area contributed by atoms with Crippen molar-refractivity contribution in [3.8, 4) is 0 Å². The van der Waals surface area contributed by atoms with Gasteiger partial charge in [-0.15, -0.1) is 0 Å². The number of carbonyl (C=O) groups is 2. The van der Waals surface area contributed by atoms with E-state index in [9.17, 15) is 22.8 Å². The van der Waals surface area contributed by atoms with E-state index >= 15 is 0 Å². The Morgan fingerprint density at radius 1 is 1.21 bits per heavy atom. The minimum absolute atomic E-state index is 0.000492. The van der Waals surface area contributed by atoms with E-state index in [2.05, 4.69) is 5.32 Å². The van der Waals surface area contributed by atoms with E-state index in [-0.39, 0.29) is 38.1 Å². The quantitative estimate of drug-likeness (QED) is 0.696. The predicted octanol–water partition coefficient (Wildman–Crippen LogP) is 0.426. The molecule has 1 fully saturated rings. The molecule has 0 saturated heterocycles. The number of amides is 2. The summed E-state index contributed by atoms with van der Waals surface area (Å²) in [5.74, 6) is -2.53. The van der Waals surface area contributed by atoms with Gasteiger partial charge in [0.05, 0.1) is 18.4 Å². The molecule has 1 saturated carbocycles. The molecule has 0 bridgehead atoms. The summed E-state index contributed by atoms with van der Waals surface area (Å²) in [7, 11) is 0. The third-order valence-electron chi connectivity index (χ3n) is 3.29. The molecule has 0 aliphatic heterocycles. The molecule has 0 spiro atoms. The zero-order chi connectivity index (χ0) is 14.6. The number of halogens is 3. The molecule has 1 rings (SSSR count). The van der Waals surface area contributed by atoms with E-state index in [0.29, 0.717) is 0 Å². The van der Waals surface area contributed by atoms with Crippen molar-refractivity contribution < 1.29 is 22.8 Å². The lowest BCUT2D eigenvalue weighted by molar-refractivity contribution is -0.182. The van der Waals surface area contributed by atoms with E-state index < -0.39 is 30.0 Å². The van der Waals surface area contributed by atoms with Crippen molar-refractivity contribution in [2.75, 3.05) is 0 Å². The van der Waals surface area contributed by atoms with Crippen LogP contribution in [0.4, 0.5) is 13.2 Å². The smallest absolute Gasteiger partial charge is 0.370 e. The highest BCUT2D eigenvalue weighted by Gasteiger charge is 2.41. The molecule has 19 heavy (non-hydrogen) atoms. The van der Waals surface area contributed by atoms with Gasteiger partial charge in [-0.1, -0.05) is 0 Å². The number of primary amides is 1. The van der Waals surface area contributed by atoms with Crippen molar-refractivity contribution in [3.63, 3.8) is 0 Å². The molecule has 5 nitrogen and oxygen atoms in total. The van der Waals surface area contributed by atoms with Crippen LogP contribution in [0.2, 0.25) is 0 Å². The van der Waals surface area contributed by atoms with Crippen LogP contribution >= 0.6 is 0 Å². The molecule has 0 aromatic heterocycles. The fraction of sp³-hybridized carbons (Fsp3) is 0.818. The van der Waals surface area contributed by atoms with Gasteiger partial charge < -0.3 is 16.8 Å². The summed E-state index contributed by atoms with van der Waals surface area (Å²) < 4.78 is 37.3. The predicted molar refractivity (Wildman–Crippen MR) is 61.7 cm³/mol. The molecule has 1 atom stereocenters. The summed E-state index contributed by atoms with van der Waals surface area (Å²) in [6.45, 7) is 0. The van der Waals surface area contributed by atoms with Crippen LogP contribution in [0.25, 0.3) is 0 Å². The van der Waals surface area contributed by atoms with Crippen LogP contribution in [0.1, 0.15) is 32.1 Å². The SMILES string of the molecule is NC(=O)CC(N)C(=O)NC1CCC(C(F)(F)F)CC1. The Kier molecular flexibility index (Phi) is 5.16. The summed E-state index contributed by atoms with van der Waals surface area (Å²) in [6.07, 6.45) is -3.92. The minimum atomic E-state index is -4.17. The number of carbonyl (C=O) groups excluding carboxylic acids is 2. The topological polar surface area (TPSA) is 98.2 Å². The Bertz CT molecular complexity index is 339. The second-order valence-corrected chi connectivity index (χ2v) is 4.88. The Balaban J connectivity index is 2.37. The monoisotopic (exact) mass is 281 g/mol. The Labute approximate surface area is 108 Å². The first-order valence-electron chi connectivity index (χ1n) is 6.11. The number of hydrogen-bond donors (Lipinski definition) is 3. The molecule has 1 unspecified atom stereocenters. The summed E-state index contributed by atoms with van der Waals surface area (Å²) in [5.41, 5.74) is 10.3. The summed E-state index contributed by atoms with van der Waals surface area (Å²) >= 11 is 0. The first-order valence-corrected chi connectivity index (χ1v) is 6.11. The fourth-order valence-corrected chi connectivity index (χ4v) is 2.18. The molecule has 1 aliphatic rings. The van der Waals surface area contributed by atoms with E-state index in [1.807, 2.05) is 0 Å². The number of alkyl halides is 3. The zero-order valence-corrected chi connectivity index (χ0v) is 10.4. The van der Waals surface area contributed by atoms with E-state index in [0.717, 1.165) is 0 Å². The van der Waals surface area contributed by atoms with Crippen LogP contribution in [0.3, 0.4) is 0 Å². The highest BCUT2D eigenvalue weighted by Crippen LogP contribution is 2.37. The van der Waals surface area contributed by atoms with Crippen molar-refractivity contribution in [2.24, 2.45) is 17.4 Å². The first-order chi connectivity index (χ1) is 8.70. The molecule has 8 heteroatoms. The molecule has 2 amide bonds. The lowest BCUT2D eigenvalue weighted by Crippen LogP contribution is -2.48. The van der Waals surface area contributed by atoms with Gasteiger partial charge in [-0.3, -0.25) is 9.59 Å². The third-order valence-corrected chi connectivity index (χ3v) is 3.29. The molecule has 0 aromatic carbocycles. The molecule has 0 heterocycles. The van der Waals surface area contributed by atoms with Crippen LogP contribution in [0, 0.1) is 5.92 Å². The zero-order valence-electron chi connectivity index (χ0n) is 10.4. The van der Waals surface area contributed by atoms with Gasteiger partial charge >= 0.3 is 6.18 Å². The summed E-state index contributed by atoms with van der Waals surface area (Å²) in [6, 6.07) is -1.36. The number of nitrogens with two attached hydrogens (primary N) is 2. The van der Waals surface area contributed by atoms with Gasteiger partial charge in [-0.25, -0.2) is 0 Å². The molecule has 110 valence electrons. The molecule has 0 aromatic rings. The molecule has 1 aliphatic carbocycles. The molecule has 5 N–H and O–H groups in total. The van der Waals surface area contributed by atoms with Gasteiger partial charge in [0, 0.05) is 6.04 Å². The van der Waals surface area contributed by atoms with Crippen molar-refractivity contribution in [2.45, 2.75) is 50.4 Å². The minimum Gasteiger partial charge on any atom is -0.370 e. The van der Waals surface area contributed by atoms with E-state index in [1.165, 1.54) is 0 Å². The Morgan fingerprint density at radius 2 is 1.74 bits per heavy atom. The second kappa shape index (κ2) is 6.23. The number of rotatable bonds is 4. The van der Waals surface area contributed by atoms with Crippen molar-refractivity contribution in [1.29, 1.82) is 0 Å². The van der Waals surface area contributed by atoms with Gasteiger partial charge in [-0.05, 0) is 25.7 Å². The standard InChI is InChI=1S/C11H18F3N3O2/c12-11(13,14)6-1-3-7(4-2-6)17-10(19)8(15)5-9(16)18/h6-8H,1-5,15H2,(H2,16,18)(H,17,19). The number of hydrogen-bond acceptors (Lipinski definition) is 3. The molecular formula is C11H18F3N3O2. The van der Waals surface area contributed by atoms with Gasteiger partial charge in [0.2, 0.25) is 11.8 Å². The molecular weight excluding hydrogens is 263 g/mol. The maximum atomic E-state index is 12.4. The maximum absolute atomic E-state index is 12.4. The fourth-order valence-electron chi connectivity index (χ4n) is 2.18. The van der Waals surface area contributed by atoms with Crippen LogP contribution in [0.5, 0.6) is 0 Å². The van der Waals surface area contributed by atoms with E-state index in [4.69, 9.17) is 11.5 Å². The van der Waals surface area contributed by atoms with Crippen LogP contribution < -0.4 is 16.8 Å². The average Bonchev–Trinajstić information content (AvgIpc) is 2.27. The summed E-state index contributed by atoms with van der Waals surface area (Å²) in [5, 5.41) is 2.56. The Morgan fingerprint density at radius 3 is 2.16 bits per heavy atom. The first kappa shape index (κ1) is 15.7. The van der Waals surface area contributed by atoms with Crippen LogP contribution in [-0.4, -0.2) is 30.1 Å². The van der Waals surface area contributed by atoms with Gasteiger partial charge in [0.25, 0.3) is 0 Å².